The Kier molecular flexibility index (Phi) is 8.13. The minimum atomic E-state index is -0.589. The van der Waals surface area contributed by atoms with Gasteiger partial charge < -0.3 is 24.0 Å². The second kappa shape index (κ2) is 11.4. The van der Waals surface area contributed by atoms with Gasteiger partial charge in [0.1, 0.15) is 17.0 Å². The van der Waals surface area contributed by atoms with Gasteiger partial charge in [-0.25, -0.2) is 9.18 Å². The van der Waals surface area contributed by atoms with Crippen molar-refractivity contribution in [3.63, 3.8) is 0 Å². The Morgan fingerprint density at radius 2 is 1.74 bits per heavy atom. The number of hydrogen-bond donors (Lipinski definition) is 0. The van der Waals surface area contributed by atoms with E-state index in [2.05, 4.69) is 15.9 Å². The first-order valence-electron chi connectivity index (χ1n) is 14.5. The lowest BCUT2D eigenvalue weighted by Gasteiger charge is -2.37. The average Bonchev–Trinajstić information content (AvgIpc) is 3.75. The molecule has 224 valence electrons. The van der Waals surface area contributed by atoms with Crippen molar-refractivity contribution in [3.05, 3.63) is 68.2 Å². The Morgan fingerprint density at radius 3 is 2.31 bits per heavy atom. The zero-order valence-electron chi connectivity index (χ0n) is 25.0. The lowest BCUT2D eigenvalue weighted by Crippen LogP contribution is -2.50. The molecule has 10 heteroatoms. The van der Waals surface area contributed by atoms with Crippen LogP contribution in [-0.2, 0) is 4.74 Å². The molecule has 1 aromatic heterocycles. The zero-order chi connectivity index (χ0) is 30.5. The molecule has 0 spiro atoms. The number of aryl methyl sites for hydroxylation is 1. The summed E-state index contributed by atoms with van der Waals surface area (Å²) in [4.78, 5) is 45.5. The van der Waals surface area contributed by atoms with Crippen molar-refractivity contribution in [1.82, 2.24) is 9.47 Å². The largest absolute Gasteiger partial charge is 0.444 e. The Hall–Kier alpha value is -3.40. The van der Waals surface area contributed by atoms with E-state index in [1.54, 1.807) is 22.1 Å². The fraction of sp³-hybridized carbons (Fsp3) is 0.469. The molecule has 0 radical (unpaired) electrons. The first-order valence-corrected chi connectivity index (χ1v) is 15.3. The summed E-state index contributed by atoms with van der Waals surface area (Å²) in [5.74, 6) is -0.946. The van der Waals surface area contributed by atoms with Crippen LogP contribution < -0.4 is 15.2 Å². The first kappa shape index (κ1) is 30.1. The van der Waals surface area contributed by atoms with E-state index in [4.69, 9.17) is 4.74 Å². The zero-order valence-corrected chi connectivity index (χ0v) is 26.6. The van der Waals surface area contributed by atoms with Gasteiger partial charge in [0.25, 0.3) is 5.91 Å². The number of nitrogens with zero attached hydrogens (tertiary/aromatic N) is 4. The summed E-state index contributed by atoms with van der Waals surface area (Å²) >= 11 is 3.58. The molecule has 2 aromatic carbocycles. The summed E-state index contributed by atoms with van der Waals surface area (Å²) in [7, 11) is 0. The number of carbonyl (C=O) groups is 2. The van der Waals surface area contributed by atoms with Gasteiger partial charge in [-0.1, -0.05) is 6.07 Å². The van der Waals surface area contributed by atoms with Crippen LogP contribution in [0, 0.1) is 12.7 Å². The Morgan fingerprint density at radius 1 is 1.07 bits per heavy atom. The van der Waals surface area contributed by atoms with Gasteiger partial charge in [-0.2, -0.15) is 0 Å². The maximum absolute atomic E-state index is 15.7. The fourth-order valence-electron chi connectivity index (χ4n) is 5.42. The molecule has 3 aromatic rings. The number of piperazine rings is 1. The highest BCUT2D eigenvalue weighted by molar-refractivity contribution is 9.10. The molecule has 0 unspecified atom stereocenters. The van der Waals surface area contributed by atoms with Crippen LogP contribution in [0.3, 0.4) is 0 Å². The molecule has 0 N–H and O–H groups in total. The monoisotopic (exact) mass is 640 g/mol. The fourth-order valence-corrected chi connectivity index (χ4v) is 6.11. The normalized spacial score (nSPS) is 15.8. The van der Waals surface area contributed by atoms with Crippen LogP contribution in [0.25, 0.3) is 10.9 Å². The Labute approximate surface area is 254 Å². The van der Waals surface area contributed by atoms with Crippen LogP contribution in [0.15, 0.2) is 45.8 Å². The van der Waals surface area contributed by atoms with Gasteiger partial charge in [-0.3, -0.25) is 9.59 Å². The number of hydrogen-bond acceptors (Lipinski definition) is 5. The summed E-state index contributed by atoms with van der Waals surface area (Å²) in [5, 5.41) is 0.188. The van der Waals surface area contributed by atoms with E-state index in [1.165, 1.54) is 6.07 Å². The number of halogens is 2. The molecular formula is C32H38BrFN4O4. The van der Waals surface area contributed by atoms with E-state index >= 15 is 4.39 Å². The van der Waals surface area contributed by atoms with Gasteiger partial charge in [0, 0.05) is 54.3 Å². The van der Waals surface area contributed by atoms with Crippen LogP contribution in [-0.4, -0.2) is 59.3 Å². The number of aromatic nitrogens is 1. The summed E-state index contributed by atoms with van der Waals surface area (Å²) < 4.78 is 23.9. The van der Waals surface area contributed by atoms with Gasteiger partial charge in [-0.05, 0) is 100 Å². The van der Waals surface area contributed by atoms with E-state index in [-0.39, 0.29) is 29.1 Å². The highest BCUT2D eigenvalue weighted by Crippen LogP contribution is 2.39. The van der Waals surface area contributed by atoms with Crippen LogP contribution in [0.4, 0.5) is 20.6 Å². The quantitative estimate of drug-likeness (QED) is 0.312. The molecule has 8 nitrogen and oxygen atoms in total. The Balaban J connectivity index is 1.50. The lowest BCUT2D eigenvalue weighted by atomic mass is 10.1. The number of anilines is 2. The smallest absolute Gasteiger partial charge is 0.410 e. The third kappa shape index (κ3) is 6.04. The number of ether oxygens (including phenoxy) is 1. The van der Waals surface area contributed by atoms with E-state index in [0.717, 1.165) is 22.9 Å². The topological polar surface area (TPSA) is 75.1 Å². The van der Waals surface area contributed by atoms with Crippen molar-refractivity contribution in [1.29, 1.82) is 0 Å². The summed E-state index contributed by atoms with van der Waals surface area (Å²) in [6, 6.07) is 8.64. The highest BCUT2D eigenvalue weighted by atomic mass is 79.9. The van der Waals surface area contributed by atoms with E-state index in [1.807, 2.05) is 69.2 Å². The number of pyridine rings is 1. The highest BCUT2D eigenvalue weighted by Gasteiger charge is 2.32. The number of carbonyl (C=O) groups excluding carboxylic acids is 2. The van der Waals surface area contributed by atoms with Crippen molar-refractivity contribution in [2.75, 3.05) is 36.0 Å². The summed E-state index contributed by atoms with van der Waals surface area (Å²) in [6.07, 6.45) is 3.12. The molecule has 1 aliphatic carbocycles. The van der Waals surface area contributed by atoms with Crippen LogP contribution >= 0.6 is 15.9 Å². The Bertz CT molecular complexity index is 1600. The first-order chi connectivity index (χ1) is 19.7. The minimum absolute atomic E-state index is 0.0219. The van der Waals surface area contributed by atoms with Crippen molar-refractivity contribution >= 4 is 50.2 Å². The molecule has 0 bridgehead atoms. The summed E-state index contributed by atoms with van der Waals surface area (Å²) in [5.41, 5.74) is 1.65. The lowest BCUT2D eigenvalue weighted by molar-refractivity contribution is 0.0240. The molecule has 2 fully saturated rings. The third-order valence-corrected chi connectivity index (χ3v) is 8.28. The molecule has 42 heavy (non-hydrogen) atoms. The predicted octanol–water partition coefficient (Wildman–Crippen LogP) is 6.66. The van der Waals surface area contributed by atoms with Crippen LogP contribution in [0.2, 0.25) is 0 Å². The van der Waals surface area contributed by atoms with Gasteiger partial charge in [0.2, 0.25) is 5.43 Å². The second-order valence-electron chi connectivity index (χ2n) is 12.5. The van der Waals surface area contributed by atoms with Gasteiger partial charge >= 0.3 is 6.09 Å². The molecule has 0 atom stereocenters. The van der Waals surface area contributed by atoms with E-state index in [0.29, 0.717) is 43.1 Å². The minimum Gasteiger partial charge on any atom is -0.444 e. The van der Waals surface area contributed by atoms with Crippen molar-refractivity contribution in [2.45, 2.75) is 72.1 Å². The van der Waals surface area contributed by atoms with E-state index < -0.39 is 22.8 Å². The SMILES string of the molecule is Cc1ccc(N(C(=O)c2cn(C3CC3)c3cc(N4CCN(C(=O)OC(C)(C)C)CC4)c(F)cc3c2=O)C(C)C)c(Br)c1. The second-order valence-corrected chi connectivity index (χ2v) is 13.4. The number of rotatable bonds is 5. The van der Waals surface area contributed by atoms with E-state index in [9.17, 15) is 14.4 Å². The third-order valence-electron chi connectivity index (χ3n) is 7.64. The van der Waals surface area contributed by atoms with Crippen LogP contribution in [0.5, 0.6) is 0 Å². The number of amides is 2. The van der Waals surface area contributed by atoms with Crippen molar-refractivity contribution in [3.8, 4) is 0 Å². The number of fused-ring (bicyclic) bond motifs is 1. The molecule has 2 aliphatic rings. The maximum Gasteiger partial charge on any atom is 0.410 e. The van der Waals surface area contributed by atoms with Gasteiger partial charge in [0.15, 0.2) is 0 Å². The van der Waals surface area contributed by atoms with Crippen LogP contribution in [0.1, 0.15) is 69.4 Å². The van der Waals surface area contributed by atoms with Crippen molar-refractivity contribution < 1.29 is 18.7 Å². The average molecular weight is 642 g/mol. The standard InChI is InChI=1S/C32H38BrFN4O4/c1-19(2)38(26-10-7-20(3)15-24(26)33)30(40)23-18-37(21-8-9-21)27-17-28(25(34)16-22(27)29(23)39)35-11-13-36(14-12-35)31(41)42-32(4,5)6/h7,10,15-19,21H,8-9,11-14H2,1-6H3. The molecule has 5 rings (SSSR count). The molecule has 1 saturated carbocycles. The van der Waals surface area contributed by atoms with Gasteiger partial charge in [0.05, 0.1) is 16.9 Å². The van der Waals surface area contributed by atoms with Gasteiger partial charge in [-0.15, -0.1) is 0 Å². The number of benzene rings is 2. The molecular weight excluding hydrogens is 603 g/mol. The predicted molar refractivity (Wildman–Crippen MR) is 167 cm³/mol. The maximum atomic E-state index is 15.7. The molecule has 1 saturated heterocycles. The summed E-state index contributed by atoms with van der Waals surface area (Å²) in [6.45, 7) is 12.9. The molecule has 2 amide bonds. The molecule has 2 heterocycles. The van der Waals surface area contributed by atoms with Crippen molar-refractivity contribution in [2.24, 2.45) is 0 Å². The molecule has 1 aliphatic heterocycles.